The minimum absolute atomic E-state index is 0.0729. The number of nitrogens with zero attached hydrogens (tertiary/aromatic N) is 4. The molecular formula is C23H33N5O2S. The van der Waals surface area contributed by atoms with Crippen molar-refractivity contribution in [3.8, 4) is 0 Å². The summed E-state index contributed by atoms with van der Waals surface area (Å²) in [6, 6.07) is 0. The number of thiazole rings is 1. The number of hydrogen-bond acceptors (Lipinski definition) is 5. The number of carbonyl (C=O) groups excluding carboxylic acids is 2. The molecule has 2 aromatic heterocycles. The van der Waals surface area contributed by atoms with E-state index in [9.17, 15) is 9.59 Å². The predicted octanol–water partition coefficient (Wildman–Crippen LogP) is 4.13. The predicted molar refractivity (Wildman–Crippen MR) is 122 cm³/mol. The van der Waals surface area contributed by atoms with Gasteiger partial charge in [0.25, 0.3) is 5.91 Å². The molecule has 31 heavy (non-hydrogen) atoms. The molecule has 1 aliphatic carbocycles. The van der Waals surface area contributed by atoms with Crippen LogP contribution in [0, 0.1) is 30.6 Å². The molecule has 2 aromatic rings. The van der Waals surface area contributed by atoms with Gasteiger partial charge in [0.15, 0.2) is 0 Å². The third-order valence-electron chi connectivity index (χ3n) is 7.93. The number of anilines is 1. The molecule has 0 unspecified atom stereocenters. The average molecular weight is 444 g/mol. The summed E-state index contributed by atoms with van der Waals surface area (Å²) in [6.45, 7) is 14.1. The van der Waals surface area contributed by atoms with Crippen molar-refractivity contribution in [1.29, 1.82) is 0 Å². The second kappa shape index (κ2) is 7.43. The van der Waals surface area contributed by atoms with Crippen molar-refractivity contribution in [2.45, 2.75) is 60.3 Å². The number of rotatable bonds is 4. The number of piperidine rings is 1. The van der Waals surface area contributed by atoms with Gasteiger partial charge in [-0.25, -0.2) is 4.98 Å². The highest BCUT2D eigenvalue weighted by Crippen LogP contribution is 2.68. The minimum atomic E-state index is -0.201. The summed E-state index contributed by atoms with van der Waals surface area (Å²) in [4.78, 5) is 32.4. The molecule has 168 valence electrons. The molecule has 2 fully saturated rings. The number of aryl methyl sites for hydroxylation is 2. The van der Waals surface area contributed by atoms with E-state index < -0.39 is 0 Å². The Hall–Kier alpha value is -2.22. The van der Waals surface area contributed by atoms with E-state index in [2.05, 4.69) is 43.1 Å². The van der Waals surface area contributed by atoms with E-state index in [0.717, 1.165) is 48.0 Å². The molecule has 0 bridgehead atoms. The first-order valence-electron chi connectivity index (χ1n) is 11.0. The lowest BCUT2D eigenvalue weighted by Crippen LogP contribution is -2.39. The zero-order valence-electron chi connectivity index (χ0n) is 19.6. The van der Waals surface area contributed by atoms with Crippen molar-refractivity contribution in [2.75, 3.05) is 18.4 Å². The van der Waals surface area contributed by atoms with Crippen molar-refractivity contribution in [1.82, 2.24) is 19.7 Å². The molecule has 0 spiro atoms. The van der Waals surface area contributed by atoms with Gasteiger partial charge in [-0.1, -0.05) is 27.7 Å². The molecule has 7 nitrogen and oxygen atoms in total. The van der Waals surface area contributed by atoms with Gasteiger partial charge in [0.2, 0.25) is 5.91 Å². The number of carbonyl (C=O) groups is 2. The SMILES string of the molecule is Cc1nn(C)c(C)c1NC(=O)c1csc(C2CCN(C(=O)C3C(C)(C)C3(C)C)CC2)n1. The number of likely N-dealkylation sites (tertiary alicyclic amines) is 1. The smallest absolute Gasteiger partial charge is 0.275 e. The van der Waals surface area contributed by atoms with Gasteiger partial charge in [-0.2, -0.15) is 5.10 Å². The maximum atomic E-state index is 13.0. The van der Waals surface area contributed by atoms with E-state index in [1.54, 1.807) is 16.0 Å². The zero-order chi connectivity index (χ0) is 22.7. The molecule has 0 aromatic carbocycles. The van der Waals surface area contributed by atoms with Crippen molar-refractivity contribution < 1.29 is 9.59 Å². The first-order chi connectivity index (χ1) is 14.4. The van der Waals surface area contributed by atoms with Gasteiger partial charge in [-0.05, 0) is 37.5 Å². The van der Waals surface area contributed by atoms with Gasteiger partial charge < -0.3 is 10.2 Å². The van der Waals surface area contributed by atoms with E-state index >= 15 is 0 Å². The van der Waals surface area contributed by atoms with Crippen molar-refractivity contribution in [2.24, 2.45) is 23.8 Å². The van der Waals surface area contributed by atoms with Gasteiger partial charge in [-0.3, -0.25) is 14.3 Å². The molecule has 0 atom stereocenters. The second-order valence-corrected chi connectivity index (χ2v) is 11.1. The Balaban J connectivity index is 1.36. The highest BCUT2D eigenvalue weighted by Gasteiger charge is 2.68. The lowest BCUT2D eigenvalue weighted by atomic mass is 9.96. The van der Waals surface area contributed by atoms with Crippen LogP contribution in [0.2, 0.25) is 0 Å². The Morgan fingerprint density at radius 2 is 1.74 bits per heavy atom. The summed E-state index contributed by atoms with van der Waals surface area (Å²) >= 11 is 1.54. The van der Waals surface area contributed by atoms with E-state index in [0.29, 0.717) is 17.5 Å². The van der Waals surface area contributed by atoms with Crippen molar-refractivity contribution >= 4 is 28.8 Å². The van der Waals surface area contributed by atoms with Crippen LogP contribution >= 0.6 is 11.3 Å². The molecule has 3 heterocycles. The topological polar surface area (TPSA) is 80.1 Å². The van der Waals surface area contributed by atoms with Crippen LogP contribution in [0.25, 0.3) is 0 Å². The summed E-state index contributed by atoms with van der Waals surface area (Å²) in [5, 5.41) is 10.1. The maximum Gasteiger partial charge on any atom is 0.275 e. The van der Waals surface area contributed by atoms with Crippen molar-refractivity contribution in [3.63, 3.8) is 0 Å². The fraction of sp³-hybridized carbons (Fsp3) is 0.652. The molecule has 1 saturated heterocycles. The third kappa shape index (κ3) is 3.58. The first kappa shape index (κ1) is 22.0. The van der Waals surface area contributed by atoms with E-state index in [4.69, 9.17) is 0 Å². The largest absolute Gasteiger partial charge is 0.342 e. The van der Waals surface area contributed by atoms with Crippen LogP contribution in [0.1, 0.15) is 73.3 Å². The van der Waals surface area contributed by atoms with Crippen LogP contribution < -0.4 is 5.32 Å². The lowest BCUT2D eigenvalue weighted by Gasteiger charge is -2.31. The average Bonchev–Trinajstić information content (AvgIpc) is 3.09. The van der Waals surface area contributed by atoms with E-state index in [1.165, 1.54) is 0 Å². The zero-order valence-corrected chi connectivity index (χ0v) is 20.4. The molecule has 2 aliphatic rings. The molecular weight excluding hydrogens is 410 g/mol. The summed E-state index contributed by atoms with van der Waals surface area (Å²) in [5.74, 6) is 0.520. The normalized spacial score (nSPS) is 20.7. The van der Waals surface area contributed by atoms with Crippen molar-refractivity contribution in [3.05, 3.63) is 27.5 Å². The summed E-state index contributed by atoms with van der Waals surface area (Å²) in [5.41, 5.74) is 3.05. The third-order valence-corrected chi connectivity index (χ3v) is 8.93. The summed E-state index contributed by atoms with van der Waals surface area (Å²) < 4.78 is 1.76. The molecule has 4 rings (SSSR count). The highest BCUT2D eigenvalue weighted by molar-refractivity contribution is 7.10. The number of amides is 2. The Labute approximate surface area is 188 Å². The molecule has 0 radical (unpaired) electrons. The summed E-state index contributed by atoms with van der Waals surface area (Å²) in [7, 11) is 1.86. The highest BCUT2D eigenvalue weighted by atomic mass is 32.1. The summed E-state index contributed by atoms with van der Waals surface area (Å²) in [6.07, 6.45) is 1.80. The fourth-order valence-corrected chi connectivity index (χ4v) is 6.03. The van der Waals surface area contributed by atoms with Crippen LogP contribution in [0.3, 0.4) is 0 Å². The first-order valence-corrected chi connectivity index (χ1v) is 11.9. The molecule has 2 amide bonds. The van der Waals surface area contributed by atoms with E-state index in [-0.39, 0.29) is 22.7 Å². The van der Waals surface area contributed by atoms with E-state index in [1.807, 2.05) is 31.2 Å². The monoisotopic (exact) mass is 443 g/mol. The minimum Gasteiger partial charge on any atom is -0.342 e. The van der Waals surface area contributed by atoms with Crippen LogP contribution in [-0.4, -0.2) is 44.6 Å². The Morgan fingerprint density at radius 1 is 1.13 bits per heavy atom. The molecule has 1 aliphatic heterocycles. The Kier molecular flexibility index (Phi) is 5.27. The van der Waals surface area contributed by atoms with Crippen LogP contribution in [-0.2, 0) is 11.8 Å². The van der Waals surface area contributed by atoms with Crippen LogP contribution in [0.4, 0.5) is 5.69 Å². The van der Waals surface area contributed by atoms with Crippen LogP contribution in [0.5, 0.6) is 0 Å². The Morgan fingerprint density at radius 3 is 2.26 bits per heavy atom. The van der Waals surface area contributed by atoms with Gasteiger partial charge in [0, 0.05) is 37.4 Å². The number of nitrogens with one attached hydrogen (secondary N) is 1. The van der Waals surface area contributed by atoms with Crippen LogP contribution in [0.15, 0.2) is 5.38 Å². The number of hydrogen-bond donors (Lipinski definition) is 1. The number of aromatic nitrogens is 3. The lowest BCUT2D eigenvalue weighted by molar-refractivity contribution is -0.134. The van der Waals surface area contributed by atoms with Gasteiger partial charge in [0.1, 0.15) is 5.69 Å². The molecule has 8 heteroatoms. The molecule has 1 N–H and O–H groups in total. The molecule has 1 saturated carbocycles. The second-order valence-electron chi connectivity index (χ2n) is 10.2. The quantitative estimate of drug-likeness (QED) is 0.770. The maximum absolute atomic E-state index is 13.0. The standard InChI is InChI=1S/C23H33N5O2S/c1-13-17(14(2)27(7)26-13)25-19(29)16-12-31-20(24-16)15-8-10-28(11-9-15)21(30)18-22(3,4)23(18,5)6/h12,15,18H,8-11H2,1-7H3,(H,25,29). The Bertz CT molecular complexity index is 1010. The van der Waals surface area contributed by atoms with Gasteiger partial charge in [-0.15, -0.1) is 11.3 Å². The fourth-order valence-electron chi connectivity index (χ4n) is 5.05. The van der Waals surface area contributed by atoms with Gasteiger partial charge >= 0.3 is 0 Å². The van der Waals surface area contributed by atoms with Gasteiger partial charge in [0.05, 0.1) is 22.1 Å².